The topological polar surface area (TPSA) is 9.72 Å². The molecule has 9 aromatic carbocycles. The molecule has 0 spiro atoms. The molecule has 2 heterocycles. The van der Waals surface area contributed by atoms with E-state index in [1.807, 2.05) is 22.7 Å². The second kappa shape index (κ2) is 15.0. The Kier molecular flexibility index (Phi) is 8.88. The Balaban J connectivity index is 1.05. The molecule has 59 heavy (non-hydrogen) atoms. The van der Waals surface area contributed by atoms with E-state index in [4.69, 9.17) is 0 Å². The van der Waals surface area contributed by atoms with Crippen molar-refractivity contribution in [3.8, 4) is 0 Å². The Morgan fingerprint density at radius 2 is 0.559 bits per heavy atom. The van der Waals surface area contributed by atoms with Crippen molar-refractivity contribution >= 4 is 114 Å². The van der Waals surface area contributed by atoms with E-state index in [9.17, 15) is 0 Å². The molecule has 0 aliphatic rings. The molecule has 0 aliphatic heterocycles. The molecule has 0 fully saturated rings. The quantitative estimate of drug-likeness (QED) is 0.144. The standard InChI is InChI=1S/C54H37N3S2/c1-6-18-38(19-7-1)55(43-32-34-45-47-28-16-30-49(53(47)58-51(45)36-43)56(39-20-8-2-9-21-39)40-22-10-3-11-23-40)44-33-35-46-48-29-17-31-50(54(48)59-52(46)37-44)57(41-24-12-4-13-25-41)42-26-14-5-15-27-42/h1-37H. The number of hydrogen-bond acceptors (Lipinski definition) is 5. The van der Waals surface area contributed by atoms with E-state index in [1.54, 1.807) is 0 Å². The van der Waals surface area contributed by atoms with Gasteiger partial charge in [-0.25, -0.2) is 0 Å². The molecule has 2 aromatic heterocycles. The van der Waals surface area contributed by atoms with E-state index in [0.29, 0.717) is 0 Å². The highest BCUT2D eigenvalue weighted by atomic mass is 32.1. The van der Waals surface area contributed by atoms with Gasteiger partial charge in [-0.15, -0.1) is 22.7 Å². The number of thiophene rings is 2. The van der Waals surface area contributed by atoms with Crippen LogP contribution in [-0.4, -0.2) is 0 Å². The Morgan fingerprint density at radius 1 is 0.237 bits per heavy atom. The Hall–Kier alpha value is -7.18. The minimum Gasteiger partial charge on any atom is -0.310 e. The Labute approximate surface area is 351 Å². The van der Waals surface area contributed by atoms with Gasteiger partial charge < -0.3 is 14.7 Å². The van der Waals surface area contributed by atoms with Crippen LogP contribution in [0.5, 0.6) is 0 Å². The van der Waals surface area contributed by atoms with E-state index in [1.165, 1.54) is 51.7 Å². The largest absolute Gasteiger partial charge is 0.310 e. The summed E-state index contributed by atoms with van der Waals surface area (Å²) < 4.78 is 5.03. The maximum Gasteiger partial charge on any atom is 0.0640 e. The van der Waals surface area contributed by atoms with Gasteiger partial charge >= 0.3 is 0 Å². The van der Waals surface area contributed by atoms with E-state index in [2.05, 4.69) is 239 Å². The van der Waals surface area contributed by atoms with Crippen molar-refractivity contribution in [1.29, 1.82) is 0 Å². The van der Waals surface area contributed by atoms with Crippen molar-refractivity contribution in [3.05, 3.63) is 224 Å². The normalized spacial score (nSPS) is 11.4. The summed E-state index contributed by atoms with van der Waals surface area (Å²) in [5.41, 5.74) is 10.3. The molecule has 0 N–H and O–H groups in total. The monoisotopic (exact) mass is 791 g/mol. The van der Waals surface area contributed by atoms with Gasteiger partial charge in [0, 0.05) is 70.8 Å². The number of anilines is 9. The fourth-order valence-electron chi connectivity index (χ4n) is 8.36. The second-order valence-electron chi connectivity index (χ2n) is 14.6. The molecular weight excluding hydrogens is 755 g/mol. The summed E-state index contributed by atoms with van der Waals surface area (Å²) in [6.07, 6.45) is 0. The minimum atomic E-state index is 1.12. The Bertz CT molecular complexity index is 2940. The third kappa shape index (κ3) is 6.29. The molecule has 280 valence electrons. The summed E-state index contributed by atoms with van der Waals surface area (Å²) in [5, 5.41) is 5.05. The highest BCUT2D eigenvalue weighted by molar-refractivity contribution is 7.27. The van der Waals surface area contributed by atoms with Crippen LogP contribution in [0.3, 0.4) is 0 Å². The number of para-hydroxylation sites is 5. The lowest BCUT2D eigenvalue weighted by Crippen LogP contribution is -2.09. The lowest BCUT2D eigenvalue weighted by molar-refractivity contribution is 1.30. The lowest BCUT2D eigenvalue weighted by atomic mass is 10.1. The SMILES string of the molecule is c1ccc(N(c2ccc3c(c2)sc2c(N(c4ccccc4)c4ccccc4)cccc23)c2ccc3c(c2)sc2c(N(c4ccccc4)c4ccccc4)cccc23)cc1. The van der Waals surface area contributed by atoms with E-state index >= 15 is 0 Å². The molecule has 0 saturated heterocycles. The van der Waals surface area contributed by atoms with Gasteiger partial charge in [0.25, 0.3) is 0 Å². The molecule has 0 bridgehead atoms. The van der Waals surface area contributed by atoms with Crippen LogP contribution in [0.4, 0.5) is 51.2 Å². The lowest BCUT2D eigenvalue weighted by Gasteiger charge is -2.25. The highest BCUT2D eigenvalue weighted by Gasteiger charge is 2.22. The van der Waals surface area contributed by atoms with E-state index in [0.717, 1.165) is 39.8 Å². The maximum atomic E-state index is 2.40. The van der Waals surface area contributed by atoms with Gasteiger partial charge in [0.15, 0.2) is 0 Å². The summed E-state index contributed by atoms with van der Waals surface area (Å²) in [6, 6.07) is 80.8. The van der Waals surface area contributed by atoms with Crippen LogP contribution in [0.25, 0.3) is 40.3 Å². The van der Waals surface area contributed by atoms with Crippen molar-refractivity contribution in [2.24, 2.45) is 0 Å². The molecule has 0 saturated carbocycles. The van der Waals surface area contributed by atoms with Crippen molar-refractivity contribution < 1.29 is 0 Å². The number of fused-ring (bicyclic) bond motifs is 6. The van der Waals surface area contributed by atoms with Gasteiger partial charge in [0.05, 0.1) is 20.8 Å². The van der Waals surface area contributed by atoms with Gasteiger partial charge in [0.2, 0.25) is 0 Å². The average Bonchev–Trinajstić information content (AvgIpc) is 3.87. The van der Waals surface area contributed by atoms with Crippen LogP contribution in [0.15, 0.2) is 224 Å². The first-order chi connectivity index (χ1) is 29.3. The van der Waals surface area contributed by atoms with E-state index in [-0.39, 0.29) is 0 Å². The zero-order chi connectivity index (χ0) is 39.1. The maximum absolute atomic E-state index is 2.40. The first-order valence-electron chi connectivity index (χ1n) is 19.8. The second-order valence-corrected chi connectivity index (χ2v) is 16.7. The van der Waals surface area contributed by atoms with Crippen molar-refractivity contribution in [2.45, 2.75) is 0 Å². The first kappa shape index (κ1) is 35.0. The number of rotatable bonds is 9. The van der Waals surface area contributed by atoms with Crippen molar-refractivity contribution in [1.82, 2.24) is 0 Å². The first-order valence-corrected chi connectivity index (χ1v) is 21.5. The zero-order valence-electron chi connectivity index (χ0n) is 32.0. The van der Waals surface area contributed by atoms with Gasteiger partial charge in [0.1, 0.15) is 0 Å². The molecule has 11 aromatic rings. The van der Waals surface area contributed by atoms with Gasteiger partial charge in [-0.1, -0.05) is 127 Å². The summed E-state index contributed by atoms with van der Waals surface area (Å²) in [7, 11) is 0. The van der Waals surface area contributed by atoms with Crippen LogP contribution in [-0.2, 0) is 0 Å². The minimum absolute atomic E-state index is 1.12. The number of nitrogens with zero attached hydrogens (tertiary/aromatic N) is 3. The fraction of sp³-hybridized carbons (Fsp3) is 0. The van der Waals surface area contributed by atoms with Crippen LogP contribution < -0.4 is 14.7 Å². The fourth-order valence-corrected chi connectivity index (χ4v) is 10.8. The van der Waals surface area contributed by atoms with Gasteiger partial charge in [-0.05, 0) is 97.1 Å². The molecule has 3 nitrogen and oxygen atoms in total. The average molecular weight is 792 g/mol. The van der Waals surface area contributed by atoms with E-state index < -0.39 is 0 Å². The predicted molar refractivity (Wildman–Crippen MR) is 256 cm³/mol. The number of hydrogen-bond donors (Lipinski definition) is 0. The van der Waals surface area contributed by atoms with Crippen molar-refractivity contribution in [2.75, 3.05) is 14.7 Å². The summed E-state index contributed by atoms with van der Waals surface area (Å²) >= 11 is 3.73. The molecule has 11 rings (SSSR count). The third-order valence-electron chi connectivity index (χ3n) is 11.0. The molecule has 5 heteroatoms. The predicted octanol–water partition coefficient (Wildman–Crippen LogP) is 16.8. The third-order valence-corrected chi connectivity index (χ3v) is 13.4. The summed E-state index contributed by atoms with van der Waals surface area (Å²) in [5.74, 6) is 0. The van der Waals surface area contributed by atoms with Gasteiger partial charge in [-0.2, -0.15) is 0 Å². The zero-order valence-corrected chi connectivity index (χ0v) is 33.7. The van der Waals surface area contributed by atoms with Crippen molar-refractivity contribution in [3.63, 3.8) is 0 Å². The Morgan fingerprint density at radius 3 is 0.898 bits per heavy atom. The van der Waals surface area contributed by atoms with Crippen LogP contribution in [0.1, 0.15) is 0 Å². The molecule has 0 radical (unpaired) electrons. The molecule has 0 aliphatic carbocycles. The molecular formula is C54H37N3S2. The smallest absolute Gasteiger partial charge is 0.0640 e. The highest BCUT2D eigenvalue weighted by Crippen LogP contribution is 2.49. The van der Waals surface area contributed by atoms with Gasteiger partial charge in [-0.3, -0.25) is 0 Å². The summed E-state index contributed by atoms with van der Waals surface area (Å²) in [4.78, 5) is 7.15. The molecule has 0 amide bonds. The number of benzene rings is 9. The van der Waals surface area contributed by atoms with Crippen LogP contribution in [0, 0.1) is 0 Å². The summed E-state index contributed by atoms with van der Waals surface area (Å²) in [6.45, 7) is 0. The van der Waals surface area contributed by atoms with Crippen LogP contribution >= 0.6 is 22.7 Å². The molecule has 0 unspecified atom stereocenters. The van der Waals surface area contributed by atoms with Crippen LogP contribution in [0.2, 0.25) is 0 Å². The molecule has 0 atom stereocenters.